The van der Waals surface area contributed by atoms with E-state index < -0.39 is 5.63 Å². The number of thiazole rings is 1. The molecule has 0 saturated carbocycles. The Bertz CT molecular complexity index is 1190. The summed E-state index contributed by atoms with van der Waals surface area (Å²) in [5, 5.41) is 11.9. The van der Waals surface area contributed by atoms with Crippen molar-refractivity contribution >= 4 is 32.5 Å². The third-order valence-electron chi connectivity index (χ3n) is 5.34. The fraction of sp³-hybridized carbons (Fsp3) is 0.273. The van der Waals surface area contributed by atoms with E-state index in [0.29, 0.717) is 28.3 Å². The maximum atomic E-state index is 12.8. The van der Waals surface area contributed by atoms with Crippen LogP contribution in [0.2, 0.25) is 0 Å². The van der Waals surface area contributed by atoms with Crippen molar-refractivity contribution in [1.82, 2.24) is 9.88 Å². The van der Waals surface area contributed by atoms with Crippen molar-refractivity contribution in [1.29, 1.82) is 0 Å². The van der Waals surface area contributed by atoms with Crippen LogP contribution in [0.3, 0.4) is 0 Å². The second kappa shape index (κ2) is 7.04. The topological polar surface area (TPSA) is 66.6 Å². The molecule has 0 radical (unpaired) electrons. The summed E-state index contributed by atoms with van der Waals surface area (Å²) in [6.45, 7) is 2.60. The summed E-state index contributed by atoms with van der Waals surface area (Å²) in [7, 11) is 0. The molecular weight excluding hydrogens is 372 g/mol. The van der Waals surface area contributed by atoms with Gasteiger partial charge in [-0.15, -0.1) is 11.3 Å². The summed E-state index contributed by atoms with van der Waals surface area (Å²) in [5.41, 5.74) is 2.08. The highest BCUT2D eigenvalue weighted by molar-refractivity contribution is 7.21. The molecule has 5 rings (SSSR count). The number of hydrogen-bond acceptors (Lipinski definition) is 6. The number of phenols is 1. The highest BCUT2D eigenvalue weighted by atomic mass is 32.1. The number of aromatic hydroxyl groups is 1. The largest absolute Gasteiger partial charge is 0.507 e. The van der Waals surface area contributed by atoms with Crippen molar-refractivity contribution in [2.45, 2.75) is 25.8 Å². The first-order valence-corrected chi connectivity index (χ1v) is 10.4. The number of aromatic nitrogens is 1. The number of fused-ring (bicyclic) bond motifs is 2. The van der Waals surface area contributed by atoms with Gasteiger partial charge in [0, 0.05) is 11.9 Å². The fourth-order valence-corrected chi connectivity index (χ4v) is 4.83. The lowest BCUT2D eigenvalue weighted by molar-refractivity contribution is 0.218. The quantitative estimate of drug-likeness (QED) is 0.509. The van der Waals surface area contributed by atoms with Gasteiger partial charge in [-0.3, -0.25) is 4.90 Å². The SMILES string of the molecule is O=c1oc2c(CN3CCCCC3)c(O)ccc2cc1-c1nc2ccccc2s1. The summed E-state index contributed by atoms with van der Waals surface area (Å²) in [6.07, 6.45) is 3.58. The molecule has 3 heterocycles. The van der Waals surface area contributed by atoms with Crippen LogP contribution in [0.25, 0.3) is 31.8 Å². The Kier molecular flexibility index (Phi) is 4.37. The molecule has 0 spiro atoms. The smallest absolute Gasteiger partial charge is 0.346 e. The number of rotatable bonds is 3. The predicted molar refractivity (Wildman–Crippen MR) is 112 cm³/mol. The van der Waals surface area contributed by atoms with Gasteiger partial charge < -0.3 is 9.52 Å². The van der Waals surface area contributed by atoms with Crippen LogP contribution in [0, 0.1) is 0 Å². The Hall–Kier alpha value is -2.70. The molecule has 2 aromatic heterocycles. The number of phenolic OH excluding ortho intramolecular Hbond substituents is 1. The minimum atomic E-state index is -0.419. The van der Waals surface area contributed by atoms with Crippen LogP contribution in [0.15, 0.2) is 51.7 Å². The van der Waals surface area contributed by atoms with Gasteiger partial charge in [0.25, 0.3) is 0 Å². The maximum Gasteiger partial charge on any atom is 0.346 e. The number of piperidine rings is 1. The van der Waals surface area contributed by atoms with E-state index in [2.05, 4.69) is 9.88 Å². The van der Waals surface area contributed by atoms with Gasteiger partial charge in [-0.25, -0.2) is 9.78 Å². The molecule has 1 aliphatic rings. The minimum Gasteiger partial charge on any atom is -0.507 e. The Morgan fingerprint density at radius 2 is 1.93 bits per heavy atom. The molecule has 1 aliphatic heterocycles. The second-order valence-electron chi connectivity index (χ2n) is 7.25. The maximum absolute atomic E-state index is 12.8. The van der Waals surface area contributed by atoms with Gasteiger partial charge in [0.1, 0.15) is 16.3 Å². The molecule has 1 N–H and O–H groups in total. The summed E-state index contributed by atoms with van der Waals surface area (Å²) < 4.78 is 6.76. The van der Waals surface area contributed by atoms with E-state index >= 15 is 0 Å². The second-order valence-corrected chi connectivity index (χ2v) is 8.28. The average molecular weight is 392 g/mol. The Morgan fingerprint density at radius 1 is 1.11 bits per heavy atom. The zero-order valence-corrected chi connectivity index (χ0v) is 16.2. The first-order valence-electron chi connectivity index (χ1n) is 9.56. The zero-order valence-electron chi connectivity index (χ0n) is 15.4. The van der Waals surface area contributed by atoms with Crippen molar-refractivity contribution in [3.63, 3.8) is 0 Å². The first-order chi connectivity index (χ1) is 13.7. The molecule has 6 heteroatoms. The lowest BCUT2D eigenvalue weighted by atomic mass is 10.1. The van der Waals surface area contributed by atoms with Crippen molar-refractivity contribution < 1.29 is 9.52 Å². The normalized spacial score (nSPS) is 15.4. The van der Waals surface area contributed by atoms with Crippen molar-refractivity contribution in [2.24, 2.45) is 0 Å². The summed E-state index contributed by atoms with van der Waals surface area (Å²) >= 11 is 1.48. The highest BCUT2D eigenvalue weighted by Gasteiger charge is 2.19. The van der Waals surface area contributed by atoms with Crippen LogP contribution in [-0.2, 0) is 6.54 Å². The van der Waals surface area contributed by atoms with Gasteiger partial charge >= 0.3 is 5.63 Å². The zero-order chi connectivity index (χ0) is 19.1. The lowest BCUT2D eigenvalue weighted by Crippen LogP contribution is -2.29. The van der Waals surface area contributed by atoms with Gasteiger partial charge in [0.05, 0.1) is 21.3 Å². The predicted octanol–water partition coefficient (Wildman–Crippen LogP) is 4.76. The minimum absolute atomic E-state index is 0.175. The average Bonchev–Trinajstić information content (AvgIpc) is 3.15. The van der Waals surface area contributed by atoms with Gasteiger partial charge in [0.15, 0.2) is 0 Å². The Morgan fingerprint density at radius 3 is 2.75 bits per heavy atom. The van der Waals surface area contributed by atoms with Crippen molar-refractivity contribution in [2.75, 3.05) is 13.1 Å². The van der Waals surface area contributed by atoms with Crippen molar-refractivity contribution in [3.05, 3.63) is 58.4 Å². The van der Waals surface area contributed by atoms with Crippen LogP contribution < -0.4 is 5.63 Å². The lowest BCUT2D eigenvalue weighted by Gasteiger charge is -2.26. The van der Waals surface area contributed by atoms with Crippen LogP contribution in [-0.4, -0.2) is 28.1 Å². The first kappa shape index (κ1) is 17.4. The molecule has 5 nitrogen and oxygen atoms in total. The third-order valence-corrected chi connectivity index (χ3v) is 6.41. The van der Waals surface area contributed by atoms with E-state index in [1.165, 1.54) is 17.8 Å². The van der Waals surface area contributed by atoms with Crippen LogP contribution in [0.5, 0.6) is 5.75 Å². The summed E-state index contributed by atoms with van der Waals surface area (Å²) in [4.78, 5) is 19.7. The Labute approximate surface area is 165 Å². The van der Waals surface area contributed by atoms with Gasteiger partial charge in [0.2, 0.25) is 0 Å². The van der Waals surface area contributed by atoms with E-state index in [1.54, 1.807) is 12.1 Å². The third kappa shape index (κ3) is 3.08. The van der Waals surface area contributed by atoms with Gasteiger partial charge in [-0.05, 0) is 56.3 Å². The van der Waals surface area contributed by atoms with Crippen LogP contribution in [0.4, 0.5) is 0 Å². The summed E-state index contributed by atoms with van der Waals surface area (Å²) in [5.74, 6) is 0.175. The summed E-state index contributed by atoms with van der Waals surface area (Å²) in [6, 6.07) is 13.1. The Balaban J connectivity index is 1.61. The number of nitrogens with zero attached hydrogens (tertiary/aromatic N) is 2. The van der Waals surface area contributed by atoms with E-state index in [4.69, 9.17) is 4.42 Å². The van der Waals surface area contributed by atoms with Crippen LogP contribution in [0.1, 0.15) is 24.8 Å². The molecule has 0 aliphatic carbocycles. The molecule has 0 atom stereocenters. The van der Waals surface area contributed by atoms with Gasteiger partial charge in [-0.2, -0.15) is 0 Å². The monoisotopic (exact) mass is 392 g/mol. The highest BCUT2D eigenvalue weighted by Crippen LogP contribution is 2.33. The number of benzene rings is 2. The van der Waals surface area contributed by atoms with E-state index in [0.717, 1.165) is 41.5 Å². The van der Waals surface area contributed by atoms with Gasteiger partial charge in [-0.1, -0.05) is 18.6 Å². The molecular formula is C22H20N2O3S. The number of hydrogen-bond donors (Lipinski definition) is 1. The van der Waals surface area contributed by atoms with E-state index in [9.17, 15) is 9.90 Å². The standard InChI is InChI=1S/C22H20N2O3S/c25-18-9-8-14-12-15(21-23-17-6-2-3-7-19(17)28-21)22(26)27-20(14)16(18)13-24-10-4-1-5-11-24/h2-3,6-9,12,25H,1,4-5,10-11,13H2. The van der Waals surface area contributed by atoms with Crippen molar-refractivity contribution in [3.8, 4) is 16.3 Å². The molecule has 1 saturated heterocycles. The molecule has 28 heavy (non-hydrogen) atoms. The fourth-order valence-electron chi connectivity index (χ4n) is 3.86. The molecule has 2 aromatic carbocycles. The molecule has 1 fully saturated rings. The molecule has 142 valence electrons. The van der Waals surface area contributed by atoms with E-state index in [-0.39, 0.29) is 5.75 Å². The van der Waals surface area contributed by atoms with Crippen LogP contribution >= 0.6 is 11.3 Å². The molecule has 0 bridgehead atoms. The number of para-hydroxylation sites is 1. The van der Waals surface area contributed by atoms with E-state index in [1.807, 2.05) is 30.3 Å². The number of likely N-dealkylation sites (tertiary alicyclic amines) is 1. The molecule has 0 unspecified atom stereocenters. The molecule has 0 amide bonds. The molecule has 4 aromatic rings.